The Balaban J connectivity index is 1.64. The third-order valence-corrected chi connectivity index (χ3v) is 4.79. The average molecular weight is 251 g/mol. The summed E-state index contributed by atoms with van der Waals surface area (Å²) < 4.78 is 0. The molecule has 2 heterocycles. The van der Waals surface area contributed by atoms with E-state index in [0.717, 1.165) is 19.5 Å². The third kappa shape index (κ3) is 2.00. The largest absolute Gasteiger partial charge is 0.355 e. The van der Waals surface area contributed by atoms with Gasteiger partial charge in [-0.25, -0.2) is 0 Å². The van der Waals surface area contributed by atoms with Crippen molar-refractivity contribution in [1.82, 2.24) is 10.2 Å². The van der Waals surface area contributed by atoms with Crippen molar-refractivity contribution in [2.75, 3.05) is 19.6 Å². The van der Waals surface area contributed by atoms with E-state index in [-0.39, 0.29) is 23.8 Å². The number of fused-ring (bicyclic) bond motifs is 1. The van der Waals surface area contributed by atoms with Crippen LogP contribution in [0.4, 0.5) is 0 Å². The van der Waals surface area contributed by atoms with E-state index in [1.165, 1.54) is 12.8 Å². The quantitative estimate of drug-likeness (QED) is 0.672. The first-order valence-electron chi connectivity index (χ1n) is 6.96. The second kappa shape index (κ2) is 4.53. The van der Waals surface area contributed by atoms with Gasteiger partial charge in [0.2, 0.25) is 11.8 Å². The Labute approximate surface area is 107 Å². The zero-order valence-corrected chi connectivity index (χ0v) is 10.6. The average Bonchev–Trinajstić information content (AvgIpc) is 2.95. The van der Waals surface area contributed by atoms with Crippen LogP contribution in [0.2, 0.25) is 0 Å². The van der Waals surface area contributed by atoms with Gasteiger partial charge in [0.15, 0.2) is 0 Å². The fraction of sp³-hybridized carbons (Fsp3) is 0.846. The first-order valence-corrected chi connectivity index (χ1v) is 6.96. The van der Waals surface area contributed by atoms with Crippen LogP contribution < -0.4 is 11.1 Å². The van der Waals surface area contributed by atoms with Gasteiger partial charge in [0.1, 0.15) is 0 Å². The molecule has 2 aliphatic heterocycles. The molecule has 4 unspecified atom stereocenters. The minimum atomic E-state index is -0.145. The van der Waals surface area contributed by atoms with Gasteiger partial charge < -0.3 is 16.0 Å². The highest BCUT2D eigenvalue weighted by Gasteiger charge is 2.42. The molecule has 5 nitrogen and oxygen atoms in total. The van der Waals surface area contributed by atoms with Crippen LogP contribution >= 0.6 is 0 Å². The minimum absolute atomic E-state index is 0.00154. The van der Waals surface area contributed by atoms with Crippen LogP contribution in [0, 0.1) is 17.8 Å². The Hall–Kier alpha value is -1.10. The summed E-state index contributed by atoms with van der Waals surface area (Å²) in [6, 6.07) is 0.255. The Morgan fingerprint density at radius 3 is 2.83 bits per heavy atom. The van der Waals surface area contributed by atoms with E-state index in [4.69, 9.17) is 5.73 Å². The number of rotatable bonds is 1. The Morgan fingerprint density at radius 1 is 1.33 bits per heavy atom. The Kier molecular flexibility index (Phi) is 3.01. The second-order valence-corrected chi connectivity index (χ2v) is 5.97. The molecule has 3 rings (SSSR count). The summed E-state index contributed by atoms with van der Waals surface area (Å²) >= 11 is 0. The fourth-order valence-electron chi connectivity index (χ4n) is 3.73. The Morgan fingerprint density at radius 2 is 2.17 bits per heavy atom. The van der Waals surface area contributed by atoms with Gasteiger partial charge in [0.25, 0.3) is 0 Å². The highest BCUT2D eigenvalue weighted by atomic mass is 16.2. The highest BCUT2D eigenvalue weighted by Crippen LogP contribution is 2.36. The van der Waals surface area contributed by atoms with E-state index in [2.05, 4.69) is 5.32 Å². The summed E-state index contributed by atoms with van der Waals surface area (Å²) in [5.74, 6) is 1.07. The van der Waals surface area contributed by atoms with E-state index < -0.39 is 0 Å². The third-order valence-electron chi connectivity index (χ3n) is 4.79. The molecule has 1 aliphatic carbocycles. The fourth-order valence-corrected chi connectivity index (χ4v) is 3.73. The zero-order valence-electron chi connectivity index (χ0n) is 10.6. The lowest BCUT2D eigenvalue weighted by atomic mass is 9.78. The van der Waals surface area contributed by atoms with Crippen molar-refractivity contribution in [1.29, 1.82) is 0 Å². The summed E-state index contributed by atoms with van der Waals surface area (Å²) in [6.07, 6.45) is 3.83. The van der Waals surface area contributed by atoms with Crippen LogP contribution in [0.25, 0.3) is 0 Å². The van der Waals surface area contributed by atoms with Crippen LogP contribution in [0.1, 0.15) is 25.7 Å². The number of carbonyl (C=O) groups excluding carboxylic acids is 2. The molecule has 18 heavy (non-hydrogen) atoms. The molecule has 4 atom stereocenters. The van der Waals surface area contributed by atoms with Crippen molar-refractivity contribution >= 4 is 11.8 Å². The van der Waals surface area contributed by atoms with Crippen molar-refractivity contribution < 1.29 is 9.59 Å². The lowest BCUT2D eigenvalue weighted by Crippen LogP contribution is -2.39. The van der Waals surface area contributed by atoms with Gasteiger partial charge in [-0.2, -0.15) is 0 Å². The number of nitrogens with zero attached hydrogens (tertiary/aromatic N) is 1. The molecule has 3 N–H and O–H groups in total. The van der Waals surface area contributed by atoms with E-state index in [1.54, 1.807) is 0 Å². The molecular formula is C13H21N3O2. The van der Waals surface area contributed by atoms with Crippen LogP contribution in [-0.2, 0) is 9.59 Å². The molecular weight excluding hydrogens is 230 g/mol. The van der Waals surface area contributed by atoms with Gasteiger partial charge in [-0.1, -0.05) is 6.42 Å². The van der Waals surface area contributed by atoms with Crippen LogP contribution in [0.5, 0.6) is 0 Å². The highest BCUT2D eigenvalue weighted by molar-refractivity contribution is 5.89. The summed E-state index contributed by atoms with van der Waals surface area (Å²) in [4.78, 5) is 25.5. The van der Waals surface area contributed by atoms with Crippen molar-refractivity contribution in [3.05, 3.63) is 0 Å². The SMILES string of the molecule is NC1CCCC2CN(C(=O)C3CNC(=O)C3)CC12. The van der Waals surface area contributed by atoms with Crippen molar-refractivity contribution in [3.8, 4) is 0 Å². The second-order valence-electron chi connectivity index (χ2n) is 5.97. The van der Waals surface area contributed by atoms with Crippen molar-refractivity contribution in [2.24, 2.45) is 23.5 Å². The van der Waals surface area contributed by atoms with Crippen molar-refractivity contribution in [2.45, 2.75) is 31.7 Å². The predicted molar refractivity (Wildman–Crippen MR) is 66.5 cm³/mol. The number of carbonyl (C=O) groups is 2. The predicted octanol–water partition coefficient (Wildman–Crippen LogP) is -0.292. The van der Waals surface area contributed by atoms with Crippen LogP contribution in [-0.4, -0.2) is 42.4 Å². The summed E-state index contributed by atoms with van der Waals surface area (Å²) in [5, 5.41) is 2.73. The maximum absolute atomic E-state index is 12.3. The van der Waals surface area contributed by atoms with Gasteiger partial charge >= 0.3 is 0 Å². The van der Waals surface area contributed by atoms with E-state index in [9.17, 15) is 9.59 Å². The summed E-state index contributed by atoms with van der Waals surface area (Å²) in [5.41, 5.74) is 6.15. The zero-order chi connectivity index (χ0) is 12.7. The normalized spacial score (nSPS) is 39.6. The number of likely N-dealkylation sites (tertiary alicyclic amines) is 1. The smallest absolute Gasteiger partial charge is 0.228 e. The molecule has 0 bridgehead atoms. The standard InChI is InChI=1S/C13H21N3O2/c14-11-3-1-2-8-6-16(7-10(8)11)13(18)9-4-12(17)15-5-9/h8-11H,1-7,14H2,(H,15,17). The number of nitrogens with one attached hydrogen (secondary N) is 1. The molecule has 3 fully saturated rings. The van der Waals surface area contributed by atoms with Gasteiger partial charge in [-0.3, -0.25) is 9.59 Å². The number of hydrogen-bond acceptors (Lipinski definition) is 3. The van der Waals surface area contributed by atoms with Gasteiger partial charge in [0.05, 0.1) is 5.92 Å². The molecule has 0 aromatic rings. The number of nitrogens with two attached hydrogens (primary N) is 1. The molecule has 0 aromatic carbocycles. The molecule has 3 aliphatic rings. The van der Waals surface area contributed by atoms with Crippen molar-refractivity contribution in [3.63, 3.8) is 0 Å². The molecule has 1 saturated carbocycles. The topological polar surface area (TPSA) is 75.4 Å². The van der Waals surface area contributed by atoms with Gasteiger partial charge in [0, 0.05) is 32.1 Å². The van der Waals surface area contributed by atoms with E-state index in [1.807, 2.05) is 4.90 Å². The molecule has 5 heteroatoms. The first-order chi connectivity index (χ1) is 8.65. The monoisotopic (exact) mass is 251 g/mol. The molecule has 0 radical (unpaired) electrons. The molecule has 100 valence electrons. The van der Waals surface area contributed by atoms with Gasteiger partial charge in [-0.05, 0) is 24.7 Å². The lowest BCUT2D eigenvalue weighted by molar-refractivity contribution is -0.135. The number of hydrogen-bond donors (Lipinski definition) is 2. The molecule has 2 saturated heterocycles. The summed E-state index contributed by atoms with van der Waals surface area (Å²) in [6.45, 7) is 2.16. The number of amides is 2. The molecule has 2 amide bonds. The minimum Gasteiger partial charge on any atom is -0.355 e. The van der Waals surface area contributed by atoms with Gasteiger partial charge in [-0.15, -0.1) is 0 Å². The lowest BCUT2D eigenvalue weighted by Gasteiger charge is -2.29. The maximum Gasteiger partial charge on any atom is 0.228 e. The van der Waals surface area contributed by atoms with Crippen LogP contribution in [0.15, 0.2) is 0 Å². The summed E-state index contributed by atoms with van der Waals surface area (Å²) in [7, 11) is 0. The van der Waals surface area contributed by atoms with E-state index >= 15 is 0 Å². The maximum atomic E-state index is 12.3. The molecule has 0 aromatic heterocycles. The first kappa shape index (κ1) is 12.0. The van der Waals surface area contributed by atoms with Crippen LogP contribution in [0.3, 0.4) is 0 Å². The van der Waals surface area contributed by atoms with E-state index in [0.29, 0.717) is 24.8 Å². The molecule has 0 spiro atoms. The Bertz CT molecular complexity index is 371.